The minimum absolute atomic E-state index is 0.0542. The first-order valence-corrected chi connectivity index (χ1v) is 6.37. The van der Waals surface area contributed by atoms with Crippen LogP contribution in [-0.2, 0) is 17.9 Å². The first-order valence-electron chi connectivity index (χ1n) is 5.99. The third-order valence-electron chi connectivity index (χ3n) is 2.55. The Hall–Kier alpha value is -1.78. The van der Waals surface area contributed by atoms with Crippen LogP contribution in [0.3, 0.4) is 0 Å². The minimum Gasteiger partial charge on any atom is -0.448 e. The molecule has 0 radical (unpaired) electrons. The van der Waals surface area contributed by atoms with E-state index in [0.29, 0.717) is 24.1 Å². The first kappa shape index (κ1) is 13.6. The average Bonchev–Trinajstić information content (AvgIpc) is 2.83. The third-order valence-corrected chi connectivity index (χ3v) is 2.75. The maximum absolute atomic E-state index is 11.6. The zero-order valence-electron chi connectivity index (χ0n) is 10.4. The van der Waals surface area contributed by atoms with Crippen molar-refractivity contribution in [2.24, 2.45) is 0 Å². The number of carbonyl (C=O) groups is 1. The minimum atomic E-state index is -0.0542. The van der Waals surface area contributed by atoms with Crippen LogP contribution in [0.1, 0.15) is 11.3 Å². The standard InChI is InChI=1S/C14H15ClN2O2/c15-13-7-6-12(19-13)9-16-10-14(18)17-8-11-4-2-1-3-5-11/h1-7,16H,8-10H2,(H,17,18). The molecule has 4 nitrogen and oxygen atoms in total. The molecule has 0 aliphatic heterocycles. The normalized spacial score (nSPS) is 10.4. The van der Waals surface area contributed by atoms with Crippen LogP contribution in [0.4, 0.5) is 0 Å². The van der Waals surface area contributed by atoms with E-state index in [0.717, 1.165) is 5.56 Å². The molecule has 1 heterocycles. The Morgan fingerprint density at radius 2 is 1.89 bits per heavy atom. The van der Waals surface area contributed by atoms with Gasteiger partial charge >= 0.3 is 0 Å². The summed E-state index contributed by atoms with van der Waals surface area (Å²) in [5, 5.41) is 6.17. The van der Waals surface area contributed by atoms with Crippen molar-refractivity contribution in [1.82, 2.24) is 10.6 Å². The largest absolute Gasteiger partial charge is 0.448 e. The molecule has 2 N–H and O–H groups in total. The fourth-order valence-corrected chi connectivity index (χ4v) is 1.77. The van der Waals surface area contributed by atoms with E-state index in [4.69, 9.17) is 16.0 Å². The molecule has 2 aromatic rings. The predicted octanol–water partition coefficient (Wildman–Crippen LogP) is 2.34. The molecule has 0 saturated carbocycles. The van der Waals surface area contributed by atoms with Crippen molar-refractivity contribution < 1.29 is 9.21 Å². The van der Waals surface area contributed by atoms with Crippen LogP contribution >= 0.6 is 11.6 Å². The van der Waals surface area contributed by atoms with E-state index in [1.54, 1.807) is 12.1 Å². The van der Waals surface area contributed by atoms with E-state index < -0.39 is 0 Å². The van der Waals surface area contributed by atoms with E-state index in [2.05, 4.69) is 10.6 Å². The van der Waals surface area contributed by atoms with Gasteiger partial charge in [0.15, 0.2) is 5.22 Å². The van der Waals surface area contributed by atoms with E-state index in [1.807, 2.05) is 30.3 Å². The van der Waals surface area contributed by atoms with Crippen molar-refractivity contribution in [2.75, 3.05) is 6.54 Å². The molecular weight excluding hydrogens is 264 g/mol. The van der Waals surface area contributed by atoms with E-state index in [-0.39, 0.29) is 12.5 Å². The molecule has 0 aliphatic carbocycles. The van der Waals surface area contributed by atoms with Crippen molar-refractivity contribution in [1.29, 1.82) is 0 Å². The highest BCUT2D eigenvalue weighted by molar-refractivity contribution is 6.28. The van der Waals surface area contributed by atoms with Gasteiger partial charge in [-0.25, -0.2) is 0 Å². The Bertz CT molecular complexity index is 525. The van der Waals surface area contributed by atoms with Crippen LogP contribution < -0.4 is 10.6 Å². The fraction of sp³-hybridized carbons (Fsp3) is 0.214. The second-order valence-electron chi connectivity index (χ2n) is 4.07. The molecule has 0 unspecified atom stereocenters. The summed E-state index contributed by atoms with van der Waals surface area (Å²) in [6.07, 6.45) is 0. The maximum Gasteiger partial charge on any atom is 0.234 e. The van der Waals surface area contributed by atoms with E-state index >= 15 is 0 Å². The summed E-state index contributed by atoms with van der Waals surface area (Å²) in [5.74, 6) is 0.655. The lowest BCUT2D eigenvalue weighted by Gasteiger charge is -2.05. The van der Waals surface area contributed by atoms with Gasteiger partial charge in [-0.2, -0.15) is 0 Å². The number of hydrogen-bond donors (Lipinski definition) is 2. The van der Waals surface area contributed by atoms with Gasteiger partial charge in [-0.1, -0.05) is 30.3 Å². The maximum atomic E-state index is 11.6. The number of rotatable bonds is 6. The SMILES string of the molecule is O=C(CNCc1ccc(Cl)o1)NCc1ccccc1. The Balaban J connectivity index is 1.65. The van der Waals surface area contributed by atoms with Gasteiger partial charge in [0.1, 0.15) is 5.76 Å². The quantitative estimate of drug-likeness (QED) is 0.853. The molecule has 1 aromatic heterocycles. The number of hydrogen-bond acceptors (Lipinski definition) is 3. The Kier molecular flexibility index (Phi) is 5.01. The van der Waals surface area contributed by atoms with Crippen LogP contribution in [0.15, 0.2) is 46.9 Å². The molecule has 0 fully saturated rings. The summed E-state index contributed by atoms with van der Waals surface area (Å²) in [6, 6.07) is 13.2. The number of amides is 1. The monoisotopic (exact) mass is 278 g/mol. The summed E-state index contributed by atoms with van der Waals surface area (Å²) in [4.78, 5) is 11.6. The Morgan fingerprint density at radius 1 is 1.11 bits per heavy atom. The van der Waals surface area contributed by atoms with Crippen LogP contribution in [0, 0.1) is 0 Å². The van der Waals surface area contributed by atoms with Crippen molar-refractivity contribution in [3.8, 4) is 0 Å². The van der Waals surface area contributed by atoms with Crippen LogP contribution in [-0.4, -0.2) is 12.5 Å². The van der Waals surface area contributed by atoms with Gasteiger partial charge in [-0.05, 0) is 29.3 Å². The van der Waals surface area contributed by atoms with Gasteiger partial charge in [0.2, 0.25) is 5.91 Å². The summed E-state index contributed by atoms with van der Waals surface area (Å²) < 4.78 is 5.17. The Labute approximate surface area is 116 Å². The first-order chi connectivity index (χ1) is 9.24. The van der Waals surface area contributed by atoms with Gasteiger partial charge in [0, 0.05) is 6.54 Å². The summed E-state index contributed by atoms with van der Waals surface area (Å²) in [5.41, 5.74) is 1.08. The smallest absolute Gasteiger partial charge is 0.234 e. The number of nitrogens with one attached hydrogen (secondary N) is 2. The molecule has 1 amide bonds. The third kappa shape index (κ3) is 4.77. The van der Waals surface area contributed by atoms with E-state index in [1.165, 1.54) is 0 Å². The second-order valence-corrected chi connectivity index (χ2v) is 4.44. The molecule has 0 saturated heterocycles. The van der Waals surface area contributed by atoms with Gasteiger partial charge in [0.05, 0.1) is 13.1 Å². The van der Waals surface area contributed by atoms with Gasteiger partial charge in [-0.15, -0.1) is 0 Å². The molecule has 0 bridgehead atoms. The fourth-order valence-electron chi connectivity index (χ4n) is 1.60. The molecule has 1 aromatic carbocycles. The topological polar surface area (TPSA) is 54.3 Å². The van der Waals surface area contributed by atoms with Crippen LogP contribution in [0.2, 0.25) is 5.22 Å². The van der Waals surface area contributed by atoms with Gasteiger partial charge in [0.25, 0.3) is 0 Å². The molecule has 100 valence electrons. The summed E-state index contributed by atoms with van der Waals surface area (Å²) >= 11 is 5.65. The number of halogens is 1. The summed E-state index contributed by atoms with van der Waals surface area (Å²) in [6.45, 7) is 1.25. The molecular formula is C14H15ClN2O2. The van der Waals surface area contributed by atoms with Crippen molar-refractivity contribution >= 4 is 17.5 Å². The lowest BCUT2D eigenvalue weighted by Crippen LogP contribution is -2.33. The summed E-state index contributed by atoms with van der Waals surface area (Å²) in [7, 11) is 0. The predicted molar refractivity (Wildman–Crippen MR) is 73.7 cm³/mol. The number of carbonyl (C=O) groups excluding carboxylic acids is 1. The Morgan fingerprint density at radius 3 is 2.58 bits per heavy atom. The van der Waals surface area contributed by atoms with Crippen molar-refractivity contribution in [2.45, 2.75) is 13.1 Å². The molecule has 0 spiro atoms. The van der Waals surface area contributed by atoms with Crippen LogP contribution in [0.25, 0.3) is 0 Å². The highest BCUT2D eigenvalue weighted by Crippen LogP contribution is 2.12. The van der Waals surface area contributed by atoms with Crippen molar-refractivity contribution in [3.05, 3.63) is 59.0 Å². The molecule has 0 aliphatic rings. The highest BCUT2D eigenvalue weighted by atomic mass is 35.5. The lowest BCUT2D eigenvalue weighted by molar-refractivity contribution is -0.120. The zero-order chi connectivity index (χ0) is 13.5. The van der Waals surface area contributed by atoms with Gasteiger partial charge < -0.3 is 15.1 Å². The highest BCUT2D eigenvalue weighted by Gasteiger charge is 2.03. The number of furan rings is 1. The van der Waals surface area contributed by atoms with Crippen molar-refractivity contribution in [3.63, 3.8) is 0 Å². The van der Waals surface area contributed by atoms with Crippen LogP contribution in [0.5, 0.6) is 0 Å². The molecule has 5 heteroatoms. The number of benzene rings is 1. The molecule has 19 heavy (non-hydrogen) atoms. The average molecular weight is 279 g/mol. The van der Waals surface area contributed by atoms with Gasteiger partial charge in [-0.3, -0.25) is 4.79 Å². The second kappa shape index (κ2) is 6.97. The molecule has 2 rings (SSSR count). The van der Waals surface area contributed by atoms with E-state index in [9.17, 15) is 4.79 Å². The molecule has 0 atom stereocenters. The zero-order valence-corrected chi connectivity index (χ0v) is 11.1. The lowest BCUT2D eigenvalue weighted by atomic mass is 10.2.